The Morgan fingerprint density at radius 2 is 1.62 bits per heavy atom. The number of alkyl halides is 3. The molecule has 6 rings (SSSR count). The number of carbonyl (C=O) groups is 2. The number of rotatable bonds is 8. The number of hydrogen-bond donors (Lipinski definition) is 0. The number of halogens is 4. The molecule has 2 fully saturated rings. The average molecular weight is 650 g/mol. The van der Waals surface area contributed by atoms with Crippen molar-refractivity contribution in [3.63, 3.8) is 0 Å². The predicted molar refractivity (Wildman–Crippen MR) is 168 cm³/mol. The Kier molecular flexibility index (Phi) is 9.28. The van der Waals surface area contributed by atoms with Crippen molar-refractivity contribution >= 4 is 23.5 Å². The number of carbonyl (C=O) groups excluding carboxylic acids is 2. The van der Waals surface area contributed by atoms with Crippen LogP contribution in [0.1, 0.15) is 58.6 Å². The summed E-state index contributed by atoms with van der Waals surface area (Å²) in [6, 6.07) is 19.2. The minimum atomic E-state index is -4.85. The molecule has 4 heterocycles. The zero-order valence-electron chi connectivity index (χ0n) is 25.9. The van der Waals surface area contributed by atoms with Crippen molar-refractivity contribution in [1.29, 1.82) is 0 Å². The Hall–Kier alpha value is -4.74. The van der Waals surface area contributed by atoms with Gasteiger partial charge in [-0.25, -0.2) is 9.37 Å². The fourth-order valence-electron chi connectivity index (χ4n) is 6.37. The Balaban J connectivity index is 1.07. The van der Waals surface area contributed by atoms with E-state index >= 15 is 0 Å². The summed E-state index contributed by atoms with van der Waals surface area (Å²) < 4.78 is 61.4. The summed E-state index contributed by atoms with van der Waals surface area (Å²) >= 11 is 0. The minimum absolute atomic E-state index is 0.0204. The number of oxazole rings is 1. The summed E-state index contributed by atoms with van der Waals surface area (Å²) in [6.45, 7) is 4.25. The summed E-state index contributed by atoms with van der Waals surface area (Å²) in [5, 5.41) is 0. The van der Waals surface area contributed by atoms with Crippen LogP contribution >= 0.6 is 0 Å². The Morgan fingerprint density at radius 1 is 0.894 bits per heavy atom. The fraction of sp³-hybridized carbons (Fsp3) is 0.371. The molecule has 8 nitrogen and oxygen atoms in total. The molecule has 246 valence electrons. The van der Waals surface area contributed by atoms with Crippen molar-refractivity contribution in [1.82, 2.24) is 14.9 Å². The Bertz CT molecular complexity index is 1700. The van der Waals surface area contributed by atoms with Crippen molar-refractivity contribution < 1.29 is 31.6 Å². The van der Waals surface area contributed by atoms with Crippen LogP contribution in [0.2, 0.25) is 0 Å². The number of benzene rings is 2. The molecule has 0 N–H and O–H groups in total. The van der Waals surface area contributed by atoms with Crippen LogP contribution in [0, 0.1) is 5.82 Å². The molecule has 0 saturated carbocycles. The molecular formula is C35H35F4N5O3. The smallest absolute Gasteiger partial charge is 0.420 e. The summed E-state index contributed by atoms with van der Waals surface area (Å²) in [7, 11) is 0. The van der Waals surface area contributed by atoms with Gasteiger partial charge >= 0.3 is 6.18 Å². The molecule has 0 unspecified atom stereocenters. The second-order valence-electron chi connectivity index (χ2n) is 12.1. The number of pyridine rings is 1. The van der Waals surface area contributed by atoms with Gasteiger partial charge in [-0.05, 0) is 54.5 Å². The molecule has 2 saturated heterocycles. The molecule has 1 atom stereocenters. The van der Waals surface area contributed by atoms with Gasteiger partial charge in [0.15, 0.2) is 5.69 Å². The highest BCUT2D eigenvalue weighted by Gasteiger charge is 2.42. The van der Waals surface area contributed by atoms with Gasteiger partial charge in [0.25, 0.3) is 6.01 Å². The van der Waals surface area contributed by atoms with E-state index in [9.17, 15) is 27.2 Å². The lowest BCUT2D eigenvalue weighted by atomic mass is 9.90. The monoisotopic (exact) mass is 649 g/mol. The van der Waals surface area contributed by atoms with Gasteiger partial charge in [-0.1, -0.05) is 54.6 Å². The average Bonchev–Trinajstić information content (AvgIpc) is 3.54. The van der Waals surface area contributed by atoms with Gasteiger partial charge in [0.1, 0.15) is 11.6 Å². The van der Waals surface area contributed by atoms with E-state index < -0.39 is 29.2 Å². The van der Waals surface area contributed by atoms with Crippen LogP contribution in [-0.2, 0) is 23.8 Å². The van der Waals surface area contributed by atoms with Gasteiger partial charge in [0.05, 0.1) is 6.42 Å². The maximum atomic E-state index is 14.0. The summed E-state index contributed by atoms with van der Waals surface area (Å²) in [4.78, 5) is 39.6. The third kappa shape index (κ3) is 7.31. The molecule has 2 aliphatic rings. The van der Waals surface area contributed by atoms with E-state index in [1.165, 1.54) is 17.8 Å². The summed E-state index contributed by atoms with van der Waals surface area (Å²) in [5.74, 6) is -1.29. The molecule has 0 aliphatic carbocycles. The molecule has 1 amide bonds. The third-order valence-electron chi connectivity index (χ3n) is 8.92. The lowest BCUT2D eigenvalue weighted by molar-refractivity contribution is -0.141. The molecule has 2 aromatic carbocycles. The van der Waals surface area contributed by atoms with Gasteiger partial charge in [0.2, 0.25) is 17.5 Å². The van der Waals surface area contributed by atoms with Crippen LogP contribution in [0.4, 0.5) is 29.4 Å². The topological polar surface area (TPSA) is 82.8 Å². The lowest BCUT2D eigenvalue weighted by Crippen LogP contribution is -2.54. The first kappa shape index (κ1) is 32.2. The largest absolute Gasteiger partial charge is 0.437 e. The highest BCUT2D eigenvalue weighted by molar-refractivity contribution is 5.96. The Morgan fingerprint density at radius 3 is 2.28 bits per heavy atom. The second kappa shape index (κ2) is 13.5. The standard InChI is InChI=1S/C35H35F4N5O3/c1-23-22-43(17-18-44(23)31(46)20-27-9-5-6-10-28(27)36)30-12-11-24(21-40-30)19-29(45)32-33(35(37,38)39)41-34(47-32)42-15-13-26(14-16-42)25-7-3-2-4-8-25/h2-12,21,23,26H,13-20,22H2,1H3/t23-/m1/s1. The zero-order chi connectivity index (χ0) is 33.1. The molecule has 0 radical (unpaired) electrons. The fourth-order valence-corrected chi connectivity index (χ4v) is 6.37. The van der Waals surface area contributed by atoms with E-state index in [4.69, 9.17) is 4.42 Å². The van der Waals surface area contributed by atoms with E-state index in [2.05, 4.69) is 9.97 Å². The number of piperidine rings is 1. The first-order valence-corrected chi connectivity index (χ1v) is 15.7. The molecule has 0 spiro atoms. The van der Waals surface area contributed by atoms with Crippen molar-refractivity contribution in [3.05, 3.63) is 107 Å². The SMILES string of the molecule is C[C@@H]1CN(c2ccc(CC(=O)c3oc(N4CCC(c5ccccc5)CC4)nc3C(F)(F)F)cn2)CCN1C(=O)Cc1ccccc1F. The molecule has 2 aliphatic heterocycles. The maximum absolute atomic E-state index is 14.0. The second-order valence-corrected chi connectivity index (χ2v) is 12.1. The van der Waals surface area contributed by atoms with Crippen LogP contribution in [0.25, 0.3) is 0 Å². The van der Waals surface area contributed by atoms with E-state index in [0.717, 1.165) is 12.8 Å². The van der Waals surface area contributed by atoms with E-state index in [1.54, 1.807) is 40.1 Å². The van der Waals surface area contributed by atoms with Crippen LogP contribution in [-0.4, -0.2) is 65.3 Å². The van der Waals surface area contributed by atoms with Crippen LogP contribution < -0.4 is 9.80 Å². The molecule has 2 aromatic heterocycles. The van der Waals surface area contributed by atoms with Gasteiger partial charge in [0, 0.05) is 51.4 Å². The maximum Gasteiger partial charge on any atom is 0.437 e. The number of anilines is 2. The van der Waals surface area contributed by atoms with Gasteiger partial charge in [-0.3, -0.25) is 9.59 Å². The third-order valence-corrected chi connectivity index (χ3v) is 8.92. The summed E-state index contributed by atoms with van der Waals surface area (Å²) in [5.41, 5.74) is 0.657. The van der Waals surface area contributed by atoms with Crippen LogP contribution in [0.15, 0.2) is 77.3 Å². The van der Waals surface area contributed by atoms with Gasteiger partial charge in [-0.15, -0.1) is 0 Å². The normalized spacial score (nSPS) is 17.6. The number of nitrogens with zero attached hydrogens (tertiary/aromatic N) is 5. The number of ketones is 1. The molecular weight excluding hydrogens is 614 g/mol. The van der Waals surface area contributed by atoms with Crippen molar-refractivity contribution in [2.45, 2.75) is 50.7 Å². The highest BCUT2D eigenvalue weighted by Crippen LogP contribution is 2.37. The number of aromatic nitrogens is 2. The first-order chi connectivity index (χ1) is 22.6. The van der Waals surface area contributed by atoms with Gasteiger partial charge in [-0.2, -0.15) is 18.2 Å². The number of Topliss-reactive ketones (excluding diaryl/α,β-unsaturated/α-hetero) is 1. The van der Waals surface area contributed by atoms with Crippen LogP contribution in [0.3, 0.4) is 0 Å². The molecule has 4 aromatic rings. The van der Waals surface area contributed by atoms with Crippen molar-refractivity contribution in [2.24, 2.45) is 0 Å². The first-order valence-electron chi connectivity index (χ1n) is 15.7. The van der Waals surface area contributed by atoms with Crippen molar-refractivity contribution in [3.8, 4) is 0 Å². The van der Waals surface area contributed by atoms with E-state index in [0.29, 0.717) is 55.6 Å². The molecule has 12 heteroatoms. The zero-order valence-corrected chi connectivity index (χ0v) is 25.9. The minimum Gasteiger partial charge on any atom is -0.420 e. The van der Waals surface area contributed by atoms with Crippen molar-refractivity contribution in [2.75, 3.05) is 42.5 Å². The predicted octanol–water partition coefficient (Wildman–Crippen LogP) is 6.32. The lowest BCUT2D eigenvalue weighted by Gasteiger charge is -2.40. The summed E-state index contributed by atoms with van der Waals surface area (Å²) in [6.07, 6.45) is -2.29. The van der Waals surface area contributed by atoms with Crippen LogP contribution in [0.5, 0.6) is 0 Å². The molecule has 47 heavy (non-hydrogen) atoms. The Labute approximate surface area is 270 Å². The number of piperazine rings is 1. The van der Waals surface area contributed by atoms with Gasteiger partial charge < -0.3 is 19.1 Å². The number of hydrogen-bond acceptors (Lipinski definition) is 7. The quantitative estimate of drug-likeness (QED) is 0.163. The van der Waals surface area contributed by atoms with E-state index in [-0.39, 0.29) is 30.8 Å². The van der Waals surface area contributed by atoms with E-state index in [1.807, 2.05) is 42.2 Å². The highest BCUT2D eigenvalue weighted by atomic mass is 19.4. The molecule has 0 bridgehead atoms. The number of amides is 1.